The van der Waals surface area contributed by atoms with Crippen molar-refractivity contribution < 1.29 is 9.53 Å². The predicted molar refractivity (Wildman–Crippen MR) is 79.6 cm³/mol. The monoisotopic (exact) mass is 286 g/mol. The standard InChI is InChI=1S/C15H18N4O2/c1-8(2)11-6-18-12(9(3)20)5-13(11)21-14-7-17-10(4)19-15(14)16/h5-8H,1-4H3,(H2,16,17,19). The number of aromatic nitrogens is 3. The summed E-state index contributed by atoms with van der Waals surface area (Å²) in [6, 6.07) is 1.62. The molecule has 6 heteroatoms. The number of nitrogens with zero attached hydrogens (tertiary/aromatic N) is 3. The predicted octanol–water partition coefficient (Wildman–Crippen LogP) is 2.88. The van der Waals surface area contributed by atoms with Gasteiger partial charge in [-0.2, -0.15) is 0 Å². The van der Waals surface area contributed by atoms with Gasteiger partial charge in [0, 0.05) is 24.8 Å². The van der Waals surface area contributed by atoms with Crippen molar-refractivity contribution >= 4 is 11.6 Å². The van der Waals surface area contributed by atoms with Crippen LogP contribution in [-0.2, 0) is 0 Å². The molecule has 2 aromatic rings. The number of aryl methyl sites for hydroxylation is 1. The first-order chi connectivity index (χ1) is 9.88. The van der Waals surface area contributed by atoms with Crippen LogP contribution in [0.3, 0.4) is 0 Å². The third-order valence-electron chi connectivity index (χ3n) is 3.00. The highest BCUT2D eigenvalue weighted by Crippen LogP contribution is 2.32. The van der Waals surface area contributed by atoms with Gasteiger partial charge in [-0.25, -0.2) is 9.97 Å². The maximum atomic E-state index is 11.5. The van der Waals surface area contributed by atoms with Gasteiger partial charge in [-0.15, -0.1) is 0 Å². The first kappa shape index (κ1) is 14.9. The molecular weight excluding hydrogens is 268 g/mol. The summed E-state index contributed by atoms with van der Waals surface area (Å²) in [5.41, 5.74) is 7.07. The number of Topliss-reactive ketones (excluding diaryl/α,β-unsaturated/α-hetero) is 1. The summed E-state index contributed by atoms with van der Waals surface area (Å²) in [6.07, 6.45) is 3.18. The van der Waals surface area contributed by atoms with Crippen LogP contribution in [0.2, 0.25) is 0 Å². The van der Waals surface area contributed by atoms with Gasteiger partial charge in [0.25, 0.3) is 0 Å². The Morgan fingerprint density at radius 2 is 1.95 bits per heavy atom. The van der Waals surface area contributed by atoms with Gasteiger partial charge in [0.1, 0.15) is 17.3 Å². The molecule has 2 heterocycles. The Kier molecular flexibility index (Phi) is 4.16. The van der Waals surface area contributed by atoms with E-state index in [-0.39, 0.29) is 17.5 Å². The molecule has 0 atom stereocenters. The van der Waals surface area contributed by atoms with Gasteiger partial charge < -0.3 is 10.5 Å². The molecule has 0 fully saturated rings. The minimum Gasteiger partial charge on any atom is -0.451 e. The summed E-state index contributed by atoms with van der Waals surface area (Å²) in [5.74, 6) is 1.82. The van der Waals surface area contributed by atoms with Crippen LogP contribution in [0.25, 0.3) is 0 Å². The lowest BCUT2D eigenvalue weighted by atomic mass is 10.0. The van der Waals surface area contributed by atoms with Gasteiger partial charge in [-0.05, 0) is 12.8 Å². The zero-order valence-corrected chi connectivity index (χ0v) is 12.5. The first-order valence-corrected chi connectivity index (χ1v) is 6.66. The highest BCUT2D eigenvalue weighted by atomic mass is 16.5. The number of hydrogen-bond donors (Lipinski definition) is 1. The summed E-state index contributed by atoms with van der Waals surface area (Å²) in [7, 11) is 0. The van der Waals surface area contributed by atoms with Crippen LogP contribution in [0.15, 0.2) is 18.5 Å². The Labute approximate surface area is 123 Å². The zero-order valence-electron chi connectivity index (χ0n) is 12.5. The van der Waals surface area contributed by atoms with Crippen LogP contribution in [0.4, 0.5) is 5.82 Å². The largest absolute Gasteiger partial charge is 0.451 e. The van der Waals surface area contributed by atoms with E-state index in [1.165, 1.54) is 13.1 Å². The summed E-state index contributed by atoms with van der Waals surface area (Å²) in [6.45, 7) is 7.25. The highest BCUT2D eigenvalue weighted by Gasteiger charge is 2.14. The molecule has 2 aromatic heterocycles. The molecule has 0 saturated heterocycles. The lowest BCUT2D eigenvalue weighted by Gasteiger charge is -2.14. The number of carbonyl (C=O) groups excluding carboxylic acids is 1. The number of nitrogen functional groups attached to an aromatic ring is 1. The third-order valence-corrected chi connectivity index (χ3v) is 3.00. The Hall–Kier alpha value is -2.50. The van der Waals surface area contributed by atoms with Crippen LogP contribution in [-0.4, -0.2) is 20.7 Å². The molecule has 6 nitrogen and oxygen atoms in total. The van der Waals surface area contributed by atoms with Gasteiger partial charge in [-0.1, -0.05) is 13.8 Å². The average molecular weight is 286 g/mol. The Morgan fingerprint density at radius 3 is 2.52 bits per heavy atom. The smallest absolute Gasteiger partial charge is 0.187 e. The second-order valence-corrected chi connectivity index (χ2v) is 5.09. The van der Waals surface area contributed by atoms with E-state index in [4.69, 9.17) is 10.5 Å². The van der Waals surface area contributed by atoms with Crippen LogP contribution in [0.5, 0.6) is 11.5 Å². The van der Waals surface area contributed by atoms with E-state index < -0.39 is 0 Å². The van der Waals surface area contributed by atoms with Crippen molar-refractivity contribution in [2.75, 3.05) is 5.73 Å². The Balaban J connectivity index is 2.45. The molecule has 110 valence electrons. The van der Waals surface area contributed by atoms with Crippen molar-refractivity contribution in [2.45, 2.75) is 33.6 Å². The molecule has 0 aliphatic heterocycles. The molecule has 0 saturated carbocycles. The zero-order chi connectivity index (χ0) is 15.6. The summed E-state index contributed by atoms with van der Waals surface area (Å²) in [4.78, 5) is 23.8. The highest BCUT2D eigenvalue weighted by molar-refractivity contribution is 5.92. The molecule has 0 aliphatic rings. The Bertz CT molecular complexity index is 683. The summed E-state index contributed by atoms with van der Waals surface area (Å²) >= 11 is 0. The lowest BCUT2D eigenvalue weighted by Crippen LogP contribution is -2.04. The molecule has 0 aromatic carbocycles. The maximum absolute atomic E-state index is 11.5. The lowest BCUT2D eigenvalue weighted by molar-refractivity contribution is 0.101. The molecule has 0 spiro atoms. The van der Waals surface area contributed by atoms with Gasteiger partial charge in [0.15, 0.2) is 17.4 Å². The average Bonchev–Trinajstić information content (AvgIpc) is 2.41. The molecule has 2 rings (SSSR count). The van der Waals surface area contributed by atoms with E-state index in [2.05, 4.69) is 15.0 Å². The van der Waals surface area contributed by atoms with E-state index in [1.54, 1.807) is 19.2 Å². The van der Waals surface area contributed by atoms with Gasteiger partial charge in [0.2, 0.25) is 0 Å². The topological polar surface area (TPSA) is 91.0 Å². The van der Waals surface area contributed by atoms with Crippen LogP contribution in [0.1, 0.15) is 48.6 Å². The Morgan fingerprint density at radius 1 is 1.24 bits per heavy atom. The van der Waals surface area contributed by atoms with E-state index in [0.29, 0.717) is 23.0 Å². The quantitative estimate of drug-likeness (QED) is 0.869. The minimum absolute atomic E-state index is 0.122. The molecule has 0 radical (unpaired) electrons. The van der Waals surface area contributed by atoms with E-state index >= 15 is 0 Å². The second-order valence-electron chi connectivity index (χ2n) is 5.09. The molecule has 21 heavy (non-hydrogen) atoms. The minimum atomic E-state index is -0.122. The van der Waals surface area contributed by atoms with Crippen molar-refractivity contribution in [1.29, 1.82) is 0 Å². The van der Waals surface area contributed by atoms with Gasteiger partial charge in [0.05, 0.1) is 6.20 Å². The molecule has 0 bridgehead atoms. The fourth-order valence-corrected chi connectivity index (χ4v) is 1.84. The maximum Gasteiger partial charge on any atom is 0.187 e. The van der Waals surface area contributed by atoms with Crippen molar-refractivity contribution in [1.82, 2.24) is 15.0 Å². The first-order valence-electron chi connectivity index (χ1n) is 6.66. The van der Waals surface area contributed by atoms with Crippen LogP contribution < -0.4 is 10.5 Å². The third kappa shape index (κ3) is 3.34. The van der Waals surface area contributed by atoms with E-state index in [0.717, 1.165) is 5.56 Å². The summed E-state index contributed by atoms with van der Waals surface area (Å²) in [5, 5.41) is 0. The fourth-order valence-electron chi connectivity index (χ4n) is 1.84. The SMILES string of the molecule is CC(=O)c1cc(Oc2cnc(C)nc2N)c(C(C)C)cn1. The number of ketones is 1. The van der Waals surface area contributed by atoms with Crippen LogP contribution >= 0.6 is 0 Å². The number of hydrogen-bond acceptors (Lipinski definition) is 6. The van der Waals surface area contributed by atoms with Crippen molar-refractivity contribution in [3.8, 4) is 11.5 Å². The number of carbonyl (C=O) groups is 1. The second kappa shape index (κ2) is 5.87. The number of ether oxygens (including phenoxy) is 1. The van der Waals surface area contributed by atoms with Crippen molar-refractivity contribution in [3.63, 3.8) is 0 Å². The van der Waals surface area contributed by atoms with Crippen molar-refractivity contribution in [3.05, 3.63) is 35.5 Å². The van der Waals surface area contributed by atoms with Gasteiger partial charge >= 0.3 is 0 Å². The molecule has 0 aliphatic carbocycles. The van der Waals surface area contributed by atoms with Crippen LogP contribution in [0, 0.1) is 6.92 Å². The molecule has 0 unspecified atom stereocenters. The van der Waals surface area contributed by atoms with E-state index in [1.807, 2.05) is 13.8 Å². The molecule has 0 amide bonds. The number of rotatable bonds is 4. The molecular formula is C15H18N4O2. The number of anilines is 1. The number of nitrogens with two attached hydrogens (primary N) is 1. The normalized spacial score (nSPS) is 10.7. The summed E-state index contributed by atoms with van der Waals surface area (Å²) < 4.78 is 5.81. The van der Waals surface area contributed by atoms with Crippen molar-refractivity contribution in [2.24, 2.45) is 0 Å². The van der Waals surface area contributed by atoms with Gasteiger partial charge in [-0.3, -0.25) is 9.78 Å². The fraction of sp³-hybridized carbons (Fsp3) is 0.333. The number of pyridine rings is 1. The molecule has 2 N–H and O–H groups in total. The van der Waals surface area contributed by atoms with E-state index in [9.17, 15) is 4.79 Å².